The molecule has 4 nitrogen and oxygen atoms in total. The first kappa shape index (κ1) is 9.92. The number of nitrogens with zero attached hydrogens (tertiary/aromatic N) is 1. The molecule has 4 heteroatoms. The summed E-state index contributed by atoms with van der Waals surface area (Å²) < 4.78 is 5.11. The summed E-state index contributed by atoms with van der Waals surface area (Å²) in [6.45, 7) is 3.23. The Kier molecular flexibility index (Phi) is 3.94. The van der Waals surface area contributed by atoms with E-state index in [2.05, 4.69) is 4.90 Å². The van der Waals surface area contributed by atoms with Crippen LogP contribution in [0.2, 0.25) is 0 Å². The zero-order valence-corrected chi connectivity index (χ0v) is 7.57. The van der Waals surface area contributed by atoms with E-state index in [1.807, 2.05) is 0 Å². The Balaban J connectivity index is 2.23. The van der Waals surface area contributed by atoms with Crippen LogP contribution in [0.3, 0.4) is 0 Å². The van der Waals surface area contributed by atoms with Crippen molar-refractivity contribution < 1.29 is 9.84 Å². The molecule has 0 aromatic rings. The number of likely N-dealkylation sites (tertiary alicyclic amines) is 1. The molecule has 1 rings (SSSR count). The molecule has 0 spiro atoms. The minimum atomic E-state index is -0.326. The van der Waals surface area contributed by atoms with Gasteiger partial charge in [-0.3, -0.25) is 4.90 Å². The van der Waals surface area contributed by atoms with Gasteiger partial charge in [0.05, 0.1) is 12.2 Å². The highest BCUT2D eigenvalue weighted by Gasteiger charge is 2.30. The van der Waals surface area contributed by atoms with Gasteiger partial charge >= 0.3 is 0 Å². The van der Waals surface area contributed by atoms with E-state index in [4.69, 9.17) is 10.5 Å². The maximum atomic E-state index is 9.46. The van der Waals surface area contributed by atoms with Gasteiger partial charge in [0.2, 0.25) is 0 Å². The molecule has 3 N–H and O–H groups in total. The average Bonchev–Trinajstić information content (AvgIpc) is 2.43. The molecule has 2 atom stereocenters. The zero-order chi connectivity index (χ0) is 8.97. The van der Waals surface area contributed by atoms with E-state index in [0.29, 0.717) is 6.54 Å². The fourth-order valence-electron chi connectivity index (χ4n) is 1.56. The van der Waals surface area contributed by atoms with Crippen molar-refractivity contribution in [3.8, 4) is 0 Å². The molecule has 12 heavy (non-hydrogen) atoms. The summed E-state index contributed by atoms with van der Waals surface area (Å²) in [6, 6.07) is 0. The highest BCUT2D eigenvalue weighted by molar-refractivity contribution is 4.84. The third kappa shape index (κ3) is 2.42. The van der Waals surface area contributed by atoms with E-state index >= 15 is 0 Å². The van der Waals surface area contributed by atoms with Crippen molar-refractivity contribution in [2.45, 2.75) is 18.6 Å². The first-order valence-electron chi connectivity index (χ1n) is 4.41. The Labute approximate surface area is 73.3 Å². The van der Waals surface area contributed by atoms with Gasteiger partial charge in [-0.05, 0) is 19.5 Å². The predicted octanol–water partition coefficient (Wildman–Crippen LogP) is -0.973. The van der Waals surface area contributed by atoms with Crippen LogP contribution in [0, 0.1) is 0 Å². The Morgan fingerprint density at radius 1 is 1.58 bits per heavy atom. The molecular weight excluding hydrogens is 156 g/mol. The molecule has 0 aliphatic carbocycles. The van der Waals surface area contributed by atoms with Crippen LogP contribution in [-0.2, 0) is 4.74 Å². The summed E-state index contributed by atoms with van der Waals surface area (Å²) in [4.78, 5) is 2.19. The molecule has 0 aromatic heterocycles. The molecule has 1 aliphatic heterocycles. The van der Waals surface area contributed by atoms with Gasteiger partial charge in [-0.25, -0.2) is 0 Å². The number of hydrogen-bond acceptors (Lipinski definition) is 4. The Morgan fingerprint density at radius 3 is 2.83 bits per heavy atom. The number of rotatable bonds is 4. The van der Waals surface area contributed by atoms with E-state index in [1.165, 1.54) is 0 Å². The molecule has 1 aliphatic rings. The number of nitrogens with two attached hydrogens (primary N) is 1. The summed E-state index contributed by atoms with van der Waals surface area (Å²) >= 11 is 0. The van der Waals surface area contributed by atoms with E-state index in [9.17, 15) is 5.11 Å². The Bertz CT molecular complexity index is 132. The number of aliphatic hydroxyl groups is 1. The second-order valence-electron chi connectivity index (χ2n) is 3.24. The van der Waals surface area contributed by atoms with Crippen molar-refractivity contribution in [3.05, 3.63) is 0 Å². The van der Waals surface area contributed by atoms with Crippen LogP contribution in [0.25, 0.3) is 0 Å². The van der Waals surface area contributed by atoms with Gasteiger partial charge in [0.25, 0.3) is 0 Å². The average molecular weight is 174 g/mol. The number of ether oxygens (including phenoxy) is 1. The lowest BCUT2D eigenvalue weighted by Crippen LogP contribution is -2.25. The van der Waals surface area contributed by atoms with Crippen molar-refractivity contribution in [1.29, 1.82) is 0 Å². The highest BCUT2D eigenvalue weighted by atomic mass is 16.5. The van der Waals surface area contributed by atoms with Crippen LogP contribution in [0.5, 0.6) is 0 Å². The second kappa shape index (κ2) is 4.77. The number of β-amino-alcohol motifs (C(OH)–C–C–N with tert-alkyl or cyclic N) is 1. The molecule has 0 bridgehead atoms. The van der Waals surface area contributed by atoms with Crippen LogP contribution in [-0.4, -0.2) is 55.5 Å². The normalized spacial score (nSPS) is 31.2. The number of hydrogen-bond donors (Lipinski definition) is 2. The van der Waals surface area contributed by atoms with Crippen LogP contribution >= 0.6 is 0 Å². The molecule has 72 valence electrons. The predicted molar refractivity (Wildman–Crippen MR) is 46.9 cm³/mol. The van der Waals surface area contributed by atoms with Crippen molar-refractivity contribution in [2.75, 3.05) is 33.3 Å². The van der Waals surface area contributed by atoms with Crippen molar-refractivity contribution >= 4 is 0 Å². The van der Waals surface area contributed by atoms with Gasteiger partial charge in [0, 0.05) is 20.2 Å². The Morgan fingerprint density at radius 2 is 2.33 bits per heavy atom. The van der Waals surface area contributed by atoms with E-state index in [0.717, 1.165) is 26.1 Å². The quantitative estimate of drug-likeness (QED) is 0.575. The fourth-order valence-corrected chi connectivity index (χ4v) is 1.56. The summed E-state index contributed by atoms with van der Waals surface area (Å²) in [7, 11) is 1.64. The van der Waals surface area contributed by atoms with Crippen molar-refractivity contribution in [1.82, 2.24) is 4.90 Å². The smallest absolute Gasteiger partial charge is 0.0969 e. The van der Waals surface area contributed by atoms with Crippen molar-refractivity contribution in [2.24, 2.45) is 5.73 Å². The molecule has 1 saturated heterocycles. The molecule has 0 amide bonds. The first-order chi connectivity index (χ1) is 5.77. The molecule has 0 aromatic carbocycles. The Hall–Kier alpha value is -0.160. The van der Waals surface area contributed by atoms with Gasteiger partial charge in [-0.2, -0.15) is 0 Å². The number of methoxy groups -OCH3 is 1. The third-order valence-corrected chi connectivity index (χ3v) is 2.29. The van der Waals surface area contributed by atoms with Crippen LogP contribution in [0.4, 0.5) is 0 Å². The summed E-state index contributed by atoms with van der Waals surface area (Å²) in [5.41, 5.74) is 5.39. The third-order valence-electron chi connectivity index (χ3n) is 2.29. The van der Waals surface area contributed by atoms with E-state index in [-0.39, 0.29) is 12.2 Å². The van der Waals surface area contributed by atoms with Gasteiger partial charge in [-0.15, -0.1) is 0 Å². The topological polar surface area (TPSA) is 58.7 Å². The van der Waals surface area contributed by atoms with Crippen LogP contribution < -0.4 is 5.73 Å². The van der Waals surface area contributed by atoms with Crippen LogP contribution in [0.15, 0.2) is 0 Å². The molecular formula is C8H18N2O2. The molecule has 2 unspecified atom stereocenters. The standard InChI is InChI=1S/C8H18N2O2/c1-12-8-6-10(4-2-3-9)5-7(8)11/h7-8,11H,2-6,9H2,1H3. The van der Waals surface area contributed by atoms with Crippen LogP contribution in [0.1, 0.15) is 6.42 Å². The van der Waals surface area contributed by atoms with Gasteiger partial charge in [0.1, 0.15) is 0 Å². The summed E-state index contributed by atoms with van der Waals surface area (Å²) in [6.07, 6.45) is 0.652. The maximum Gasteiger partial charge on any atom is 0.0969 e. The highest BCUT2D eigenvalue weighted by Crippen LogP contribution is 2.12. The maximum absolute atomic E-state index is 9.46. The molecule has 1 heterocycles. The lowest BCUT2D eigenvalue weighted by molar-refractivity contribution is 0.0215. The molecule has 0 radical (unpaired) electrons. The second-order valence-corrected chi connectivity index (χ2v) is 3.24. The van der Waals surface area contributed by atoms with Gasteiger partial charge < -0.3 is 15.6 Å². The van der Waals surface area contributed by atoms with E-state index in [1.54, 1.807) is 7.11 Å². The molecule has 0 saturated carbocycles. The van der Waals surface area contributed by atoms with E-state index < -0.39 is 0 Å². The molecule has 1 fully saturated rings. The largest absolute Gasteiger partial charge is 0.389 e. The van der Waals surface area contributed by atoms with Gasteiger partial charge in [-0.1, -0.05) is 0 Å². The lowest BCUT2D eigenvalue weighted by atomic mass is 10.3. The summed E-state index contributed by atoms with van der Waals surface area (Å²) in [5.74, 6) is 0. The minimum Gasteiger partial charge on any atom is -0.389 e. The van der Waals surface area contributed by atoms with Crippen molar-refractivity contribution in [3.63, 3.8) is 0 Å². The monoisotopic (exact) mass is 174 g/mol. The first-order valence-corrected chi connectivity index (χ1v) is 4.41. The zero-order valence-electron chi connectivity index (χ0n) is 7.57. The minimum absolute atomic E-state index is 0.0113. The van der Waals surface area contributed by atoms with Gasteiger partial charge in [0.15, 0.2) is 0 Å². The number of aliphatic hydroxyl groups excluding tert-OH is 1. The SMILES string of the molecule is COC1CN(CCCN)CC1O. The lowest BCUT2D eigenvalue weighted by Gasteiger charge is -2.13. The fraction of sp³-hybridized carbons (Fsp3) is 1.00. The summed E-state index contributed by atoms with van der Waals surface area (Å²) in [5, 5.41) is 9.46.